The fourth-order valence-electron chi connectivity index (χ4n) is 8.73. The molecular weight excluding hydrogens is 683 g/mol. The van der Waals surface area contributed by atoms with E-state index in [1.54, 1.807) is 0 Å². The van der Waals surface area contributed by atoms with Gasteiger partial charge in [0.1, 0.15) is 11.2 Å². The largest absolute Gasteiger partial charge is 0.456 e. The quantitative estimate of drug-likeness (QED) is 0.178. The molecule has 1 aliphatic rings. The summed E-state index contributed by atoms with van der Waals surface area (Å²) in [5, 5.41) is 4.59. The molecule has 264 valence electrons. The van der Waals surface area contributed by atoms with Crippen molar-refractivity contribution in [3.8, 4) is 67.5 Å². The average Bonchev–Trinajstić information content (AvgIpc) is 3.75. The van der Waals surface area contributed by atoms with Crippen LogP contribution < -0.4 is 0 Å². The first-order chi connectivity index (χ1) is 27.5. The van der Waals surface area contributed by atoms with Gasteiger partial charge in [0.25, 0.3) is 0 Å². The third-order valence-electron chi connectivity index (χ3n) is 11.5. The number of rotatable bonds is 5. The number of hydrogen-bond acceptors (Lipinski definition) is 4. The Hall–Kier alpha value is -7.17. The minimum Gasteiger partial charge on any atom is -0.456 e. The summed E-state index contributed by atoms with van der Waals surface area (Å²) in [5.41, 5.74) is 14.2. The summed E-state index contributed by atoms with van der Waals surface area (Å²) >= 11 is 0. The zero-order valence-electron chi connectivity index (χ0n) is 31.0. The second kappa shape index (κ2) is 12.4. The van der Waals surface area contributed by atoms with Crippen LogP contribution in [0.1, 0.15) is 25.0 Å². The van der Waals surface area contributed by atoms with Gasteiger partial charge >= 0.3 is 0 Å². The first-order valence-corrected chi connectivity index (χ1v) is 19.1. The van der Waals surface area contributed by atoms with Crippen molar-refractivity contribution in [1.82, 2.24) is 15.0 Å². The van der Waals surface area contributed by atoms with Crippen molar-refractivity contribution >= 4 is 32.7 Å². The van der Waals surface area contributed by atoms with E-state index in [4.69, 9.17) is 19.4 Å². The number of furan rings is 1. The fourth-order valence-corrected chi connectivity index (χ4v) is 8.73. The Balaban J connectivity index is 1.04. The van der Waals surface area contributed by atoms with Gasteiger partial charge in [-0.1, -0.05) is 159 Å². The first kappa shape index (κ1) is 32.3. The molecule has 0 unspecified atom stereocenters. The van der Waals surface area contributed by atoms with Gasteiger partial charge in [-0.25, -0.2) is 15.0 Å². The van der Waals surface area contributed by atoms with E-state index in [-0.39, 0.29) is 5.41 Å². The van der Waals surface area contributed by atoms with Gasteiger partial charge in [-0.3, -0.25) is 0 Å². The van der Waals surface area contributed by atoms with E-state index >= 15 is 0 Å². The van der Waals surface area contributed by atoms with Crippen LogP contribution in [0.4, 0.5) is 0 Å². The number of benzene rings is 8. The van der Waals surface area contributed by atoms with E-state index in [2.05, 4.69) is 153 Å². The lowest BCUT2D eigenvalue weighted by Crippen LogP contribution is -2.14. The average molecular weight is 718 g/mol. The van der Waals surface area contributed by atoms with Crippen LogP contribution in [0.3, 0.4) is 0 Å². The molecule has 56 heavy (non-hydrogen) atoms. The van der Waals surface area contributed by atoms with Crippen molar-refractivity contribution in [2.75, 3.05) is 0 Å². The van der Waals surface area contributed by atoms with Crippen LogP contribution in [-0.4, -0.2) is 15.0 Å². The topological polar surface area (TPSA) is 51.8 Å². The third-order valence-corrected chi connectivity index (χ3v) is 11.5. The van der Waals surface area contributed by atoms with E-state index in [9.17, 15) is 0 Å². The maximum atomic E-state index is 6.56. The lowest BCUT2D eigenvalue weighted by Gasteiger charge is -2.21. The van der Waals surface area contributed by atoms with Gasteiger partial charge in [-0.05, 0) is 85.6 Å². The van der Waals surface area contributed by atoms with Gasteiger partial charge in [-0.2, -0.15) is 0 Å². The van der Waals surface area contributed by atoms with Crippen LogP contribution in [0.5, 0.6) is 0 Å². The number of nitrogens with zero attached hydrogens (tertiary/aromatic N) is 3. The molecule has 10 aromatic rings. The molecule has 0 amide bonds. The molecule has 0 fully saturated rings. The van der Waals surface area contributed by atoms with Gasteiger partial charge in [-0.15, -0.1) is 0 Å². The highest BCUT2D eigenvalue weighted by atomic mass is 16.3. The zero-order chi connectivity index (χ0) is 37.4. The summed E-state index contributed by atoms with van der Waals surface area (Å²) in [5.74, 6) is 1.83. The van der Waals surface area contributed by atoms with Crippen molar-refractivity contribution in [1.29, 1.82) is 0 Å². The molecule has 4 nitrogen and oxygen atoms in total. The lowest BCUT2D eigenvalue weighted by molar-refractivity contribution is 0.660. The van der Waals surface area contributed by atoms with Gasteiger partial charge in [0.15, 0.2) is 17.5 Å². The summed E-state index contributed by atoms with van der Waals surface area (Å²) in [4.78, 5) is 15.3. The van der Waals surface area contributed by atoms with E-state index in [0.717, 1.165) is 55.3 Å². The van der Waals surface area contributed by atoms with Crippen molar-refractivity contribution in [3.05, 3.63) is 187 Å². The van der Waals surface area contributed by atoms with Crippen LogP contribution in [0.25, 0.3) is 100 Å². The summed E-state index contributed by atoms with van der Waals surface area (Å²) in [6, 6.07) is 61.9. The standard InChI is InChI=1S/C52H35N3O/c1-52(2)43-22-9-8-19-41(43)47-39(20-11-23-44(47)52)35-17-10-18-37(30-35)50-53-49(33-14-4-3-5-15-33)54-51(55-50)38-27-28-42-46(31-38)56-45-24-12-21-40(48(42)45)36-26-25-32-13-6-7-16-34(32)29-36/h3-31H,1-2H3. The third kappa shape index (κ3) is 5.10. The van der Waals surface area contributed by atoms with Crippen LogP contribution in [-0.2, 0) is 5.41 Å². The molecule has 8 aromatic carbocycles. The smallest absolute Gasteiger partial charge is 0.164 e. The van der Waals surface area contributed by atoms with Crippen LogP contribution in [0.2, 0.25) is 0 Å². The normalized spacial score (nSPS) is 13.0. The highest BCUT2D eigenvalue weighted by molar-refractivity contribution is 6.13. The molecule has 0 bridgehead atoms. The molecule has 0 atom stereocenters. The molecule has 0 N–H and O–H groups in total. The summed E-state index contributed by atoms with van der Waals surface area (Å²) in [6.45, 7) is 4.64. The Morgan fingerprint density at radius 1 is 0.393 bits per heavy atom. The second-order valence-corrected chi connectivity index (χ2v) is 15.2. The molecule has 0 saturated carbocycles. The maximum Gasteiger partial charge on any atom is 0.164 e. The van der Waals surface area contributed by atoms with E-state index in [0.29, 0.717) is 17.5 Å². The highest BCUT2D eigenvalue weighted by Gasteiger charge is 2.36. The Bertz CT molecular complexity index is 3180. The Labute approximate surface area is 324 Å². The predicted molar refractivity (Wildman–Crippen MR) is 229 cm³/mol. The molecule has 0 saturated heterocycles. The van der Waals surface area contributed by atoms with Crippen LogP contribution in [0.15, 0.2) is 180 Å². The molecule has 11 rings (SSSR count). The number of aromatic nitrogens is 3. The Kier molecular flexibility index (Phi) is 7.17. The lowest BCUT2D eigenvalue weighted by atomic mass is 9.82. The van der Waals surface area contributed by atoms with E-state index in [1.165, 1.54) is 38.6 Å². The SMILES string of the molecule is CC1(C)c2ccccc2-c2c(-c3cccc(-c4nc(-c5ccccc5)nc(-c5ccc6c(c5)oc5cccc(-c7ccc8ccccc8c7)c56)n4)c3)cccc21. The van der Waals surface area contributed by atoms with Crippen molar-refractivity contribution in [2.45, 2.75) is 19.3 Å². The second-order valence-electron chi connectivity index (χ2n) is 15.2. The van der Waals surface area contributed by atoms with Gasteiger partial charge < -0.3 is 4.42 Å². The van der Waals surface area contributed by atoms with Crippen LogP contribution in [0, 0.1) is 0 Å². The van der Waals surface area contributed by atoms with Crippen molar-refractivity contribution in [2.24, 2.45) is 0 Å². The van der Waals surface area contributed by atoms with Crippen molar-refractivity contribution in [3.63, 3.8) is 0 Å². The highest BCUT2D eigenvalue weighted by Crippen LogP contribution is 2.52. The number of hydrogen-bond donors (Lipinski definition) is 0. The zero-order valence-corrected chi connectivity index (χ0v) is 31.0. The predicted octanol–water partition coefficient (Wildman–Crippen LogP) is 13.6. The maximum absolute atomic E-state index is 6.56. The summed E-state index contributed by atoms with van der Waals surface area (Å²) in [6.07, 6.45) is 0. The molecule has 0 aliphatic heterocycles. The minimum atomic E-state index is -0.0772. The van der Waals surface area contributed by atoms with E-state index < -0.39 is 0 Å². The monoisotopic (exact) mass is 717 g/mol. The molecule has 1 aliphatic carbocycles. The molecule has 4 heteroatoms. The fraction of sp³-hybridized carbons (Fsp3) is 0.0577. The van der Waals surface area contributed by atoms with Crippen molar-refractivity contribution < 1.29 is 4.42 Å². The first-order valence-electron chi connectivity index (χ1n) is 19.1. The molecule has 2 heterocycles. The minimum absolute atomic E-state index is 0.0772. The molecular formula is C52H35N3O. The van der Waals surface area contributed by atoms with Gasteiger partial charge in [0.05, 0.1) is 0 Å². The summed E-state index contributed by atoms with van der Waals surface area (Å²) < 4.78 is 6.56. The Morgan fingerprint density at radius 2 is 0.982 bits per heavy atom. The molecule has 2 aromatic heterocycles. The molecule has 0 spiro atoms. The molecule has 0 radical (unpaired) electrons. The van der Waals surface area contributed by atoms with E-state index in [1.807, 2.05) is 36.4 Å². The Morgan fingerprint density at radius 3 is 1.84 bits per heavy atom. The van der Waals surface area contributed by atoms with Gasteiger partial charge in [0.2, 0.25) is 0 Å². The van der Waals surface area contributed by atoms with Crippen LogP contribution >= 0.6 is 0 Å². The van der Waals surface area contributed by atoms with Gasteiger partial charge in [0, 0.05) is 32.9 Å². The number of fused-ring (bicyclic) bond motifs is 7. The summed E-state index contributed by atoms with van der Waals surface area (Å²) in [7, 11) is 0.